The third-order valence-electron chi connectivity index (χ3n) is 5.96. The van der Waals surface area contributed by atoms with Gasteiger partial charge in [0.25, 0.3) is 0 Å². The monoisotopic (exact) mass is 387 g/mol. The SMILES string of the molecule is COc1ccc2c3c1O[C@H]1C[C@@H](OC(=O)CCC(=O)O)C=C[C@@]31CCN(C)C2. The molecule has 0 aromatic heterocycles. The van der Waals surface area contributed by atoms with E-state index in [4.69, 9.17) is 19.3 Å². The Hall–Kier alpha value is -2.54. The van der Waals surface area contributed by atoms with E-state index >= 15 is 0 Å². The smallest absolute Gasteiger partial charge is 0.306 e. The molecule has 0 fully saturated rings. The van der Waals surface area contributed by atoms with Gasteiger partial charge < -0.3 is 24.2 Å². The van der Waals surface area contributed by atoms with Crippen LogP contribution in [0.1, 0.15) is 36.8 Å². The lowest BCUT2D eigenvalue weighted by Crippen LogP contribution is -2.43. The Kier molecular flexibility index (Phi) is 4.79. The fourth-order valence-electron chi connectivity index (χ4n) is 4.59. The van der Waals surface area contributed by atoms with E-state index in [2.05, 4.69) is 24.1 Å². The van der Waals surface area contributed by atoms with Crippen LogP contribution in [0.25, 0.3) is 0 Å². The third-order valence-corrected chi connectivity index (χ3v) is 5.96. The van der Waals surface area contributed by atoms with Crippen molar-refractivity contribution in [3.05, 3.63) is 35.4 Å². The summed E-state index contributed by atoms with van der Waals surface area (Å²) in [6, 6.07) is 4.06. The summed E-state index contributed by atoms with van der Waals surface area (Å²) >= 11 is 0. The zero-order valence-corrected chi connectivity index (χ0v) is 16.1. The summed E-state index contributed by atoms with van der Waals surface area (Å²) in [7, 11) is 3.76. The molecule has 1 spiro atoms. The van der Waals surface area contributed by atoms with Crippen LogP contribution in [-0.2, 0) is 26.3 Å². The molecule has 1 N–H and O–H groups in total. The fraction of sp³-hybridized carbons (Fsp3) is 0.524. The van der Waals surface area contributed by atoms with Gasteiger partial charge >= 0.3 is 11.9 Å². The molecule has 0 saturated heterocycles. The van der Waals surface area contributed by atoms with Crippen LogP contribution in [-0.4, -0.2) is 54.9 Å². The highest BCUT2D eigenvalue weighted by Gasteiger charge is 2.53. The quantitative estimate of drug-likeness (QED) is 0.613. The van der Waals surface area contributed by atoms with E-state index in [1.54, 1.807) is 7.11 Å². The Morgan fingerprint density at radius 1 is 1.36 bits per heavy atom. The van der Waals surface area contributed by atoms with Gasteiger partial charge in [-0.05, 0) is 37.7 Å². The van der Waals surface area contributed by atoms with Gasteiger partial charge in [-0.25, -0.2) is 0 Å². The predicted molar refractivity (Wildman–Crippen MR) is 101 cm³/mol. The highest BCUT2D eigenvalue weighted by molar-refractivity contribution is 5.76. The molecule has 7 heteroatoms. The fourth-order valence-corrected chi connectivity index (χ4v) is 4.59. The Labute approximate surface area is 163 Å². The van der Waals surface area contributed by atoms with Gasteiger partial charge in [-0.15, -0.1) is 0 Å². The Bertz CT molecular complexity index is 834. The molecule has 4 rings (SSSR count). The number of rotatable bonds is 5. The standard InChI is InChI=1S/C21H25NO6/c1-22-10-9-21-8-7-14(27-18(25)6-5-17(23)24)11-16(21)28-20-15(26-2)4-3-13(12-22)19(20)21/h3-4,7-8,14,16H,5-6,9-12H2,1-2H3,(H,23,24)/t14-,16-,21-/m0/s1. The number of methoxy groups -OCH3 is 1. The van der Waals surface area contributed by atoms with Crippen LogP contribution in [0.4, 0.5) is 0 Å². The average molecular weight is 387 g/mol. The van der Waals surface area contributed by atoms with Gasteiger partial charge in [-0.1, -0.05) is 12.1 Å². The summed E-state index contributed by atoms with van der Waals surface area (Å²) < 4.78 is 17.4. The molecule has 0 amide bonds. The summed E-state index contributed by atoms with van der Waals surface area (Å²) in [5, 5.41) is 8.73. The molecule has 1 aliphatic carbocycles. The Morgan fingerprint density at radius 2 is 2.18 bits per heavy atom. The van der Waals surface area contributed by atoms with Gasteiger partial charge in [-0.3, -0.25) is 9.59 Å². The molecule has 2 heterocycles. The number of carbonyl (C=O) groups excluding carboxylic acids is 1. The van der Waals surface area contributed by atoms with E-state index in [0.717, 1.165) is 31.0 Å². The van der Waals surface area contributed by atoms with Crippen LogP contribution in [0.15, 0.2) is 24.3 Å². The predicted octanol–water partition coefficient (Wildman–Crippen LogP) is 2.27. The van der Waals surface area contributed by atoms with Crippen molar-refractivity contribution < 1.29 is 28.9 Å². The molecule has 2 aliphatic heterocycles. The zero-order chi connectivity index (χ0) is 19.9. The number of nitrogens with zero attached hydrogens (tertiary/aromatic N) is 1. The van der Waals surface area contributed by atoms with Crippen molar-refractivity contribution in [1.29, 1.82) is 0 Å². The lowest BCUT2D eigenvalue weighted by molar-refractivity contribution is -0.151. The summed E-state index contributed by atoms with van der Waals surface area (Å²) in [5.41, 5.74) is 2.17. The second kappa shape index (κ2) is 7.13. The Morgan fingerprint density at radius 3 is 2.93 bits per heavy atom. The highest BCUT2D eigenvalue weighted by Crippen LogP contribution is 2.55. The molecule has 1 aromatic rings. The summed E-state index contributed by atoms with van der Waals surface area (Å²) in [6.45, 7) is 1.79. The molecule has 0 saturated carbocycles. The third kappa shape index (κ3) is 3.13. The van der Waals surface area contributed by atoms with E-state index in [-0.39, 0.29) is 24.4 Å². The number of carbonyl (C=O) groups is 2. The van der Waals surface area contributed by atoms with Crippen LogP contribution in [0, 0.1) is 0 Å². The molecule has 0 radical (unpaired) electrons. The molecular weight excluding hydrogens is 362 g/mol. The van der Waals surface area contributed by atoms with Crippen molar-refractivity contribution >= 4 is 11.9 Å². The summed E-state index contributed by atoms with van der Waals surface area (Å²) in [4.78, 5) is 24.9. The van der Waals surface area contributed by atoms with Crippen molar-refractivity contribution in [2.45, 2.75) is 49.9 Å². The minimum atomic E-state index is -1.01. The minimum Gasteiger partial charge on any atom is -0.493 e. The van der Waals surface area contributed by atoms with E-state index < -0.39 is 18.0 Å². The number of benzene rings is 1. The molecule has 1 aromatic carbocycles. The van der Waals surface area contributed by atoms with Gasteiger partial charge in [0.2, 0.25) is 0 Å². The minimum absolute atomic E-state index is 0.126. The maximum Gasteiger partial charge on any atom is 0.306 e. The van der Waals surface area contributed by atoms with Crippen molar-refractivity contribution in [1.82, 2.24) is 4.90 Å². The zero-order valence-electron chi connectivity index (χ0n) is 16.1. The van der Waals surface area contributed by atoms with Crippen LogP contribution in [0.5, 0.6) is 11.5 Å². The first-order valence-electron chi connectivity index (χ1n) is 9.59. The number of carboxylic acid groups (broad SMARTS) is 1. The second-order valence-electron chi connectivity index (χ2n) is 7.78. The highest BCUT2D eigenvalue weighted by atomic mass is 16.6. The molecule has 150 valence electrons. The van der Waals surface area contributed by atoms with Crippen molar-refractivity contribution in [3.63, 3.8) is 0 Å². The number of esters is 1. The van der Waals surface area contributed by atoms with Crippen LogP contribution < -0.4 is 9.47 Å². The lowest BCUT2D eigenvalue weighted by Gasteiger charge is -2.36. The molecule has 3 atom stereocenters. The van der Waals surface area contributed by atoms with Gasteiger partial charge in [0.1, 0.15) is 12.2 Å². The van der Waals surface area contributed by atoms with Crippen molar-refractivity contribution in [3.8, 4) is 11.5 Å². The van der Waals surface area contributed by atoms with E-state index in [1.165, 1.54) is 11.1 Å². The molecular formula is C21H25NO6. The number of hydrogen-bond acceptors (Lipinski definition) is 6. The topological polar surface area (TPSA) is 85.3 Å². The van der Waals surface area contributed by atoms with Crippen LogP contribution in [0.3, 0.4) is 0 Å². The summed E-state index contributed by atoms with van der Waals surface area (Å²) in [6.07, 6.45) is 4.60. The largest absolute Gasteiger partial charge is 0.493 e. The van der Waals surface area contributed by atoms with Crippen LogP contribution >= 0.6 is 0 Å². The Balaban J connectivity index is 1.62. The maximum absolute atomic E-state index is 12.0. The number of ether oxygens (including phenoxy) is 3. The molecule has 0 bridgehead atoms. The molecule has 3 aliphatic rings. The van der Waals surface area contributed by atoms with E-state index in [1.807, 2.05) is 12.1 Å². The first kappa shape index (κ1) is 18.8. The van der Waals surface area contributed by atoms with Gasteiger partial charge in [0.05, 0.1) is 25.4 Å². The van der Waals surface area contributed by atoms with Crippen molar-refractivity contribution in [2.75, 3.05) is 20.7 Å². The van der Waals surface area contributed by atoms with E-state index in [9.17, 15) is 9.59 Å². The molecule has 28 heavy (non-hydrogen) atoms. The first-order chi connectivity index (χ1) is 13.4. The summed E-state index contributed by atoms with van der Waals surface area (Å²) in [5.74, 6) is 0.0116. The first-order valence-corrected chi connectivity index (χ1v) is 9.59. The maximum atomic E-state index is 12.0. The lowest BCUT2D eigenvalue weighted by atomic mass is 9.69. The molecule has 7 nitrogen and oxygen atoms in total. The van der Waals surface area contributed by atoms with Gasteiger partial charge in [0.15, 0.2) is 11.5 Å². The second-order valence-corrected chi connectivity index (χ2v) is 7.78. The van der Waals surface area contributed by atoms with Gasteiger partial charge in [-0.2, -0.15) is 0 Å². The molecule has 0 unspecified atom stereocenters. The van der Waals surface area contributed by atoms with Crippen molar-refractivity contribution in [2.24, 2.45) is 0 Å². The average Bonchev–Trinajstić information content (AvgIpc) is 2.92. The number of hydrogen-bond donors (Lipinski definition) is 1. The van der Waals surface area contributed by atoms with Crippen LogP contribution in [0.2, 0.25) is 0 Å². The van der Waals surface area contributed by atoms with E-state index in [0.29, 0.717) is 6.42 Å². The normalized spacial score (nSPS) is 27.9. The number of carboxylic acids is 1. The van der Waals surface area contributed by atoms with Gasteiger partial charge in [0, 0.05) is 18.5 Å². The number of aliphatic carboxylic acids is 1.